The maximum Gasteiger partial charge on any atom is 0.332 e. The van der Waals surface area contributed by atoms with Gasteiger partial charge >= 0.3 is 6.03 Å². The minimum Gasteiger partial charge on any atom is -0.494 e. The van der Waals surface area contributed by atoms with Crippen molar-refractivity contribution in [2.75, 3.05) is 17.2 Å². The van der Waals surface area contributed by atoms with Crippen LogP contribution in [0.25, 0.3) is 0 Å². The van der Waals surface area contributed by atoms with Crippen LogP contribution in [0.2, 0.25) is 0 Å². The number of rotatable bonds is 8. The highest BCUT2D eigenvalue weighted by atomic mass is 32.1. The van der Waals surface area contributed by atoms with E-state index in [-0.39, 0.29) is 11.4 Å². The van der Waals surface area contributed by atoms with Crippen molar-refractivity contribution < 1.29 is 19.2 Å². The second-order valence-corrected chi connectivity index (χ2v) is 8.14. The number of amides is 3. The highest BCUT2D eigenvalue weighted by Gasteiger charge is 2.31. The Bertz CT molecular complexity index is 1220. The number of nitrogens with zero attached hydrogens (tertiary/aromatic N) is 2. The fraction of sp³-hybridized carbons (Fsp3) is 0.200. The minimum absolute atomic E-state index is 0.0514. The number of ether oxygens (including phenoxy) is 1. The molecule has 2 N–H and O–H groups in total. The van der Waals surface area contributed by atoms with Crippen molar-refractivity contribution in [1.82, 2.24) is 4.31 Å². The topological polar surface area (TPSA) is 114 Å². The molecule has 1 atom stereocenters. The van der Waals surface area contributed by atoms with Crippen molar-refractivity contribution >= 4 is 41.8 Å². The molecule has 0 saturated heterocycles. The molecule has 0 aliphatic carbocycles. The molecule has 0 aliphatic rings. The van der Waals surface area contributed by atoms with Gasteiger partial charge in [0.2, 0.25) is 0 Å². The number of hydrogen-bond acceptors (Lipinski definition) is 6. The summed E-state index contributed by atoms with van der Waals surface area (Å²) >= 11 is 4.32. The normalized spacial score (nSPS) is 11.3. The van der Waals surface area contributed by atoms with Gasteiger partial charge in [-0.05, 0) is 49.6 Å². The first-order chi connectivity index (χ1) is 16.7. The van der Waals surface area contributed by atoms with E-state index in [2.05, 4.69) is 23.4 Å². The van der Waals surface area contributed by atoms with E-state index in [1.165, 1.54) is 18.2 Å². The number of nitro benzene ring substituents is 1. The highest BCUT2D eigenvalue weighted by molar-refractivity contribution is 7.78. The second kappa shape index (κ2) is 11.4. The molecule has 0 radical (unpaired) electrons. The van der Waals surface area contributed by atoms with Gasteiger partial charge in [-0.3, -0.25) is 19.2 Å². The van der Waals surface area contributed by atoms with Crippen molar-refractivity contribution in [2.45, 2.75) is 26.8 Å². The molecule has 0 aliphatic heterocycles. The maximum absolute atomic E-state index is 13.4. The van der Waals surface area contributed by atoms with E-state index in [4.69, 9.17) is 4.74 Å². The number of aryl methyl sites for hydroxylation is 2. The molecule has 1 unspecified atom stereocenters. The van der Waals surface area contributed by atoms with Crippen molar-refractivity contribution in [1.29, 1.82) is 0 Å². The number of nitrogens with one attached hydrogen (secondary N) is 2. The molecule has 182 valence electrons. The zero-order chi connectivity index (χ0) is 25.5. The number of para-hydroxylation sites is 1. The predicted molar refractivity (Wildman–Crippen MR) is 138 cm³/mol. The summed E-state index contributed by atoms with van der Waals surface area (Å²) in [7, 11) is 0. The van der Waals surface area contributed by atoms with Gasteiger partial charge in [0.15, 0.2) is 0 Å². The molecule has 0 fully saturated rings. The average Bonchev–Trinajstić information content (AvgIpc) is 2.83. The molecular formula is C25H26N4O5S. The molecule has 3 amide bonds. The summed E-state index contributed by atoms with van der Waals surface area (Å²) in [6, 6.07) is 16.5. The fourth-order valence-corrected chi connectivity index (χ4v) is 3.84. The molecule has 3 rings (SSSR count). The molecule has 0 aromatic heterocycles. The van der Waals surface area contributed by atoms with Gasteiger partial charge in [0.1, 0.15) is 17.5 Å². The smallest absolute Gasteiger partial charge is 0.332 e. The summed E-state index contributed by atoms with van der Waals surface area (Å²) in [5, 5.41) is 16.9. The molecule has 10 heteroatoms. The summed E-state index contributed by atoms with van der Waals surface area (Å²) in [5.41, 5.74) is 2.49. The number of carbonyl (C=O) groups excluding carboxylic acids is 2. The second-order valence-electron chi connectivity index (χ2n) is 7.71. The van der Waals surface area contributed by atoms with Gasteiger partial charge in [0, 0.05) is 5.69 Å². The summed E-state index contributed by atoms with van der Waals surface area (Å²) in [6.07, 6.45) is 0. The molecule has 0 bridgehead atoms. The van der Waals surface area contributed by atoms with Gasteiger partial charge in [-0.25, -0.2) is 4.79 Å². The van der Waals surface area contributed by atoms with Gasteiger partial charge in [0.25, 0.3) is 11.6 Å². The van der Waals surface area contributed by atoms with Crippen molar-refractivity contribution in [3.8, 4) is 5.75 Å². The Morgan fingerprint density at radius 3 is 2.29 bits per heavy atom. The number of anilines is 2. The van der Waals surface area contributed by atoms with Crippen LogP contribution in [0.15, 0.2) is 66.7 Å². The molecule has 35 heavy (non-hydrogen) atoms. The van der Waals surface area contributed by atoms with Crippen LogP contribution in [0.5, 0.6) is 5.75 Å². The van der Waals surface area contributed by atoms with Crippen LogP contribution in [-0.2, 0) is 4.79 Å². The van der Waals surface area contributed by atoms with Crippen molar-refractivity contribution in [2.24, 2.45) is 0 Å². The van der Waals surface area contributed by atoms with Crippen LogP contribution >= 0.6 is 12.8 Å². The Morgan fingerprint density at radius 1 is 1.03 bits per heavy atom. The lowest BCUT2D eigenvalue weighted by atomic mass is 10.0. The van der Waals surface area contributed by atoms with E-state index in [1.807, 2.05) is 32.0 Å². The number of benzene rings is 3. The lowest BCUT2D eigenvalue weighted by Gasteiger charge is -2.27. The van der Waals surface area contributed by atoms with E-state index in [1.54, 1.807) is 37.3 Å². The predicted octanol–water partition coefficient (Wildman–Crippen LogP) is 5.67. The van der Waals surface area contributed by atoms with E-state index < -0.39 is 22.9 Å². The summed E-state index contributed by atoms with van der Waals surface area (Å²) in [4.78, 5) is 37.4. The lowest BCUT2D eigenvalue weighted by Crippen LogP contribution is -2.38. The van der Waals surface area contributed by atoms with Crippen LogP contribution in [-0.4, -0.2) is 27.8 Å². The third-order valence-corrected chi connectivity index (χ3v) is 5.68. The Kier molecular flexibility index (Phi) is 8.32. The molecule has 9 nitrogen and oxygen atoms in total. The van der Waals surface area contributed by atoms with Gasteiger partial charge in [-0.2, -0.15) is 0 Å². The molecular weight excluding hydrogens is 468 g/mol. The number of urea groups is 1. The number of thiol groups is 1. The molecule has 0 spiro atoms. The first-order valence-corrected chi connectivity index (χ1v) is 11.2. The van der Waals surface area contributed by atoms with Crippen LogP contribution in [0.1, 0.15) is 29.7 Å². The van der Waals surface area contributed by atoms with Gasteiger partial charge in [-0.15, -0.1) is 0 Å². The Balaban J connectivity index is 1.91. The zero-order valence-corrected chi connectivity index (χ0v) is 20.4. The Hall–Kier alpha value is -4.05. The maximum atomic E-state index is 13.4. The molecule has 0 saturated carbocycles. The quantitative estimate of drug-likeness (QED) is 0.212. The number of hydrogen-bond donors (Lipinski definition) is 3. The van der Waals surface area contributed by atoms with Gasteiger partial charge < -0.3 is 15.4 Å². The van der Waals surface area contributed by atoms with Crippen LogP contribution in [0.4, 0.5) is 21.9 Å². The van der Waals surface area contributed by atoms with Crippen LogP contribution < -0.4 is 15.4 Å². The first-order valence-electron chi connectivity index (χ1n) is 10.8. The van der Waals surface area contributed by atoms with Crippen molar-refractivity contribution in [3.63, 3.8) is 0 Å². The van der Waals surface area contributed by atoms with E-state index in [0.717, 1.165) is 15.4 Å². The lowest BCUT2D eigenvalue weighted by molar-refractivity contribution is -0.384. The fourth-order valence-electron chi connectivity index (χ4n) is 3.56. The zero-order valence-electron chi connectivity index (χ0n) is 19.5. The molecule has 3 aromatic rings. The third-order valence-electron chi connectivity index (χ3n) is 5.26. The van der Waals surface area contributed by atoms with Crippen LogP contribution in [0.3, 0.4) is 0 Å². The first kappa shape index (κ1) is 25.6. The molecule has 3 aromatic carbocycles. The van der Waals surface area contributed by atoms with Crippen molar-refractivity contribution in [3.05, 3.63) is 93.5 Å². The van der Waals surface area contributed by atoms with E-state index in [0.29, 0.717) is 23.6 Å². The monoisotopic (exact) mass is 494 g/mol. The average molecular weight is 495 g/mol. The van der Waals surface area contributed by atoms with E-state index >= 15 is 0 Å². The highest BCUT2D eigenvalue weighted by Crippen LogP contribution is 2.32. The molecule has 0 heterocycles. The van der Waals surface area contributed by atoms with Gasteiger partial charge in [-0.1, -0.05) is 61.3 Å². The summed E-state index contributed by atoms with van der Waals surface area (Å²) < 4.78 is 6.23. The van der Waals surface area contributed by atoms with Crippen LogP contribution in [0, 0.1) is 24.0 Å². The summed E-state index contributed by atoms with van der Waals surface area (Å²) in [6.45, 7) is 5.84. The van der Waals surface area contributed by atoms with E-state index in [9.17, 15) is 19.7 Å². The minimum atomic E-state index is -1.12. The summed E-state index contributed by atoms with van der Waals surface area (Å²) in [5.74, 6) is -0.185. The Morgan fingerprint density at radius 2 is 1.69 bits per heavy atom. The Labute approximate surface area is 208 Å². The number of carbonyl (C=O) groups is 2. The largest absolute Gasteiger partial charge is 0.494 e. The van der Waals surface area contributed by atoms with Gasteiger partial charge in [0.05, 0.1) is 17.6 Å². The number of nitro groups is 1. The SMILES string of the molecule is CCOc1ccc(NC(=O)N(S)C(C(=O)Nc2c(C)cccc2C)c2ccccc2)c([N+](=O)[O-])c1. The third kappa shape index (κ3) is 6.10. The standard InChI is InChI=1S/C25H26N4O5S/c1-4-34-19-13-14-20(21(15-19)29(32)33)26-25(31)28(35)23(18-11-6-5-7-12-18)24(30)27-22-16(2)9-8-10-17(22)3/h5-15,23,35H,4H2,1-3H3,(H,26,31)(H,27,30).